The molecule has 0 amide bonds. The number of rotatable bonds is 6. The van der Waals surface area contributed by atoms with Gasteiger partial charge in [-0.1, -0.05) is 12.1 Å². The van der Waals surface area contributed by atoms with Crippen molar-refractivity contribution in [3.8, 4) is 0 Å². The van der Waals surface area contributed by atoms with Crippen molar-refractivity contribution in [2.75, 3.05) is 39.3 Å². The van der Waals surface area contributed by atoms with E-state index in [4.69, 9.17) is 0 Å². The third kappa shape index (κ3) is 4.59. The molecule has 0 radical (unpaired) electrons. The zero-order chi connectivity index (χ0) is 13.5. The third-order valence-corrected chi connectivity index (χ3v) is 3.26. The molecule has 0 aliphatic carbocycles. The molecule has 0 unspecified atom stereocenters. The fraction of sp³-hybridized carbons (Fsp3) is 0.538. The molecule has 0 aromatic heterocycles. The number of non-ortho nitro benzene ring substituents is 1. The van der Waals surface area contributed by atoms with Crippen LogP contribution in [0.15, 0.2) is 24.3 Å². The maximum atomic E-state index is 10.7. The van der Waals surface area contributed by atoms with Crippen molar-refractivity contribution >= 4 is 5.69 Å². The fourth-order valence-corrected chi connectivity index (χ4v) is 2.18. The van der Waals surface area contributed by atoms with Crippen LogP contribution in [0.3, 0.4) is 0 Å². The van der Waals surface area contributed by atoms with Crippen LogP contribution in [0.25, 0.3) is 0 Å². The molecule has 0 atom stereocenters. The molecule has 0 spiro atoms. The summed E-state index contributed by atoms with van der Waals surface area (Å²) in [6, 6.07) is 6.78. The van der Waals surface area contributed by atoms with Gasteiger partial charge < -0.3 is 10.6 Å². The molecule has 6 nitrogen and oxygen atoms in total. The Morgan fingerprint density at radius 2 is 2.16 bits per heavy atom. The minimum absolute atomic E-state index is 0.154. The van der Waals surface area contributed by atoms with Gasteiger partial charge >= 0.3 is 0 Å². The van der Waals surface area contributed by atoms with E-state index in [1.165, 1.54) is 6.07 Å². The number of hydrogen-bond donors (Lipinski definition) is 2. The number of piperazine rings is 1. The molecule has 0 saturated carbocycles. The summed E-state index contributed by atoms with van der Waals surface area (Å²) in [5, 5.41) is 17.3. The molecule has 1 aromatic carbocycles. The van der Waals surface area contributed by atoms with Crippen molar-refractivity contribution < 1.29 is 4.92 Å². The zero-order valence-electron chi connectivity index (χ0n) is 11.0. The van der Waals surface area contributed by atoms with Gasteiger partial charge in [0.1, 0.15) is 0 Å². The van der Waals surface area contributed by atoms with Crippen LogP contribution in [0.4, 0.5) is 5.69 Å². The molecule has 2 rings (SSSR count). The van der Waals surface area contributed by atoms with E-state index in [0.717, 1.165) is 44.8 Å². The summed E-state index contributed by atoms with van der Waals surface area (Å²) in [7, 11) is 0. The number of nitrogens with zero attached hydrogens (tertiary/aromatic N) is 2. The van der Waals surface area contributed by atoms with E-state index in [0.29, 0.717) is 6.54 Å². The second-order valence-electron chi connectivity index (χ2n) is 4.70. The SMILES string of the molecule is O=[N+]([O-])c1cccc(CNCCN2CCNCC2)c1. The minimum Gasteiger partial charge on any atom is -0.314 e. The summed E-state index contributed by atoms with van der Waals surface area (Å²) < 4.78 is 0. The summed E-state index contributed by atoms with van der Waals surface area (Å²) >= 11 is 0. The lowest BCUT2D eigenvalue weighted by Gasteiger charge is -2.27. The van der Waals surface area contributed by atoms with E-state index in [1.54, 1.807) is 12.1 Å². The predicted molar refractivity (Wildman–Crippen MR) is 74.1 cm³/mol. The van der Waals surface area contributed by atoms with Crippen LogP contribution in [-0.2, 0) is 6.54 Å². The normalized spacial score (nSPS) is 16.4. The molecule has 1 aliphatic rings. The summed E-state index contributed by atoms with van der Waals surface area (Å²) in [4.78, 5) is 12.7. The Morgan fingerprint density at radius 1 is 1.37 bits per heavy atom. The van der Waals surface area contributed by atoms with Crippen LogP contribution in [0.5, 0.6) is 0 Å². The molecule has 1 fully saturated rings. The highest BCUT2D eigenvalue weighted by Crippen LogP contribution is 2.12. The van der Waals surface area contributed by atoms with Crippen molar-refractivity contribution in [2.45, 2.75) is 6.54 Å². The lowest BCUT2D eigenvalue weighted by molar-refractivity contribution is -0.384. The van der Waals surface area contributed by atoms with Gasteiger partial charge in [0.2, 0.25) is 0 Å². The smallest absolute Gasteiger partial charge is 0.269 e. The van der Waals surface area contributed by atoms with Crippen molar-refractivity contribution in [3.05, 3.63) is 39.9 Å². The molecule has 19 heavy (non-hydrogen) atoms. The van der Waals surface area contributed by atoms with Gasteiger partial charge in [-0.2, -0.15) is 0 Å². The van der Waals surface area contributed by atoms with E-state index < -0.39 is 0 Å². The van der Waals surface area contributed by atoms with Gasteiger partial charge in [-0.05, 0) is 5.56 Å². The van der Waals surface area contributed by atoms with Crippen molar-refractivity contribution in [3.63, 3.8) is 0 Å². The molecule has 1 saturated heterocycles. The summed E-state index contributed by atoms with van der Waals surface area (Å²) in [5.74, 6) is 0. The molecule has 0 bridgehead atoms. The molecular weight excluding hydrogens is 244 g/mol. The van der Waals surface area contributed by atoms with Gasteiger partial charge in [0.05, 0.1) is 4.92 Å². The van der Waals surface area contributed by atoms with Gasteiger partial charge in [-0.3, -0.25) is 15.0 Å². The average molecular weight is 264 g/mol. The summed E-state index contributed by atoms with van der Waals surface area (Å²) in [6.07, 6.45) is 0. The number of benzene rings is 1. The van der Waals surface area contributed by atoms with Crippen LogP contribution in [0.2, 0.25) is 0 Å². The molecule has 104 valence electrons. The van der Waals surface area contributed by atoms with Crippen LogP contribution in [0.1, 0.15) is 5.56 Å². The first kappa shape index (κ1) is 13.9. The first-order chi connectivity index (χ1) is 9.25. The van der Waals surface area contributed by atoms with E-state index >= 15 is 0 Å². The monoisotopic (exact) mass is 264 g/mol. The van der Waals surface area contributed by atoms with Crippen molar-refractivity contribution in [1.29, 1.82) is 0 Å². The highest BCUT2D eigenvalue weighted by Gasteiger charge is 2.08. The average Bonchev–Trinajstić information content (AvgIpc) is 2.45. The first-order valence-corrected chi connectivity index (χ1v) is 6.63. The van der Waals surface area contributed by atoms with Crippen LogP contribution in [-0.4, -0.2) is 49.1 Å². The molecule has 2 N–H and O–H groups in total. The maximum Gasteiger partial charge on any atom is 0.269 e. The molecular formula is C13H20N4O2. The lowest BCUT2D eigenvalue weighted by Crippen LogP contribution is -2.45. The molecule has 1 heterocycles. The van der Waals surface area contributed by atoms with E-state index in [-0.39, 0.29) is 10.6 Å². The fourth-order valence-electron chi connectivity index (χ4n) is 2.18. The van der Waals surface area contributed by atoms with E-state index in [2.05, 4.69) is 15.5 Å². The number of nitro benzene ring substituents is 1. The van der Waals surface area contributed by atoms with Crippen molar-refractivity contribution in [1.82, 2.24) is 15.5 Å². The quantitative estimate of drug-likeness (QED) is 0.447. The molecule has 1 aromatic rings. The Kier molecular flexibility index (Phi) is 5.26. The van der Waals surface area contributed by atoms with Crippen LogP contribution >= 0.6 is 0 Å². The van der Waals surface area contributed by atoms with Crippen molar-refractivity contribution in [2.24, 2.45) is 0 Å². The van der Waals surface area contributed by atoms with Gasteiger partial charge in [0.25, 0.3) is 5.69 Å². The third-order valence-electron chi connectivity index (χ3n) is 3.26. The summed E-state index contributed by atoms with van der Waals surface area (Å²) in [6.45, 7) is 6.92. The van der Waals surface area contributed by atoms with Crippen LogP contribution in [0, 0.1) is 10.1 Å². The Balaban J connectivity index is 1.70. The number of nitrogens with one attached hydrogen (secondary N) is 2. The second kappa shape index (κ2) is 7.18. The maximum absolute atomic E-state index is 10.7. The van der Waals surface area contributed by atoms with E-state index in [1.807, 2.05) is 6.07 Å². The van der Waals surface area contributed by atoms with Gasteiger partial charge in [0.15, 0.2) is 0 Å². The van der Waals surface area contributed by atoms with Gasteiger partial charge in [0, 0.05) is 57.9 Å². The van der Waals surface area contributed by atoms with Crippen LogP contribution < -0.4 is 10.6 Å². The van der Waals surface area contributed by atoms with E-state index in [9.17, 15) is 10.1 Å². The topological polar surface area (TPSA) is 70.4 Å². The second-order valence-corrected chi connectivity index (χ2v) is 4.70. The molecule has 6 heteroatoms. The first-order valence-electron chi connectivity index (χ1n) is 6.63. The number of hydrogen-bond acceptors (Lipinski definition) is 5. The zero-order valence-corrected chi connectivity index (χ0v) is 11.0. The summed E-state index contributed by atoms with van der Waals surface area (Å²) in [5.41, 5.74) is 1.11. The standard InChI is InChI=1S/C13H20N4O2/c18-17(19)13-3-1-2-12(10-13)11-15-6-9-16-7-4-14-5-8-16/h1-3,10,14-15H,4-9,11H2. The predicted octanol–water partition coefficient (Wildman–Crippen LogP) is 0.590. The highest BCUT2D eigenvalue weighted by molar-refractivity contribution is 5.34. The Labute approximate surface area is 112 Å². The highest BCUT2D eigenvalue weighted by atomic mass is 16.6. The lowest BCUT2D eigenvalue weighted by atomic mass is 10.2. The van der Waals surface area contributed by atoms with Gasteiger partial charge in [-0.15, -0.1) is 0 Å². The Bertz CT molecular complexity index is 419. The number of nitro groups is 1. The largest absolute Gasteiger partial charge is 0.314 e. The Hall–Kier alpha value is -1.50. The van der Waals surface area contributed by atoms with Gasteiger partial charge in [-0.25, -0.2) is 0 Å². The molecule has 1 aliphatic heterocycles. The Morgan fingerprint density at radius 3 is 2.89 bits per heavy atom. The minimum atomic E-state index is -0.357.